The lowest BCUT2D eigenvalue weighted by atomic mass is 10.1. The van der Waals surface area contributed by atoms with Crippen LogP contribution in [0, 0.1) is 28.6 Å². The van der Waals surface area contributed by atoms with Gasteiger partial charge in [0.1, 0.15) is 0 Å². The normalized spacial score (nSPS) is 12.9. The van der Waals surface area contributed by atoms with Crippen molar-refractivity contribution >= 4 is 23.4 Å². The number of hydrogen-bond acceptors (Lipinski definition) is 10. The Hall–Kier alpha value is -4.02. The molecule has 0 atom stereocenters. The number of benzene rings is 1. The molecule has 0 bridgehead atoms. The summed E-state index contributed by atoms with van der Waals surface area (Å²) >= 11 is 1.71. The van der Waals surface area contributed by atoms with Gasteiger partial charge in [-0.15, -0.1) is 0 Å². The smallest absolute Gasteiger partial charge is 0.226 e. The Morgan fingerprint density at radius 1 is 1.00 bits per heavy atom. The highest BCUT2D eigenvalue weighted by atomic mass is 32.2. The number of anilines is 2. The maximum absolute atomic E-state index is 9.54. The summed E-state index contributed by atoms with van der Waals surface area (Å²) in [6.07, 6.45) is 10.5. The molecule has 4 rings (SSSR count). The number of thioether (sulfide) groups is 1. The molecule has 0 amide bonds. The lowest BCUT2D eigenvalue weighted by Gasteiger charge is -2.30. The third-order valence-electron chi connectivity index (χ3n) is 7.23. The van der Waals surface area contributed by atoms with Gasteiger partial charge in [0, 0.05) is 31.5 Å². The van der Waals surface area contributed by atoms with Crippen LogP contribution in [0.4, 0.5) is 11.6 Å². The average molecular weight is 572 g/mol. The largest absolute Gasteiger partial charge is 0.489 e. The van der Waals surface area contributed by atoms with Crippen molar-refractivity contribution < 1.29 is 9.47 Å². The monoisotopic (exact) mass is 571 g/mol. The van der Waals surface area contributed by atoms with E-state index in [9.17, 15) is 10.5 Å². The number of pyridine rings is 1. The molecule has 0 N–H and O–H groups in total. The fourth-order valence-electron chi connectivity index (χ4n) is 5.20. The Kier molecular flexibility index (Phi) is 11.0. The number of nitriles is 2. The van der Waals surface area contributed by atoms with Gasteiger partial charge in [0.2, 0.25) is 11.8 Å². The van der Waals surface area contributed by atoms with Crippen LogP contribution < -0.4 is 19.3 Å². The molecule has 10 heteroatoms. The molecule has 0 spiro atoms. The summed E-state index contributed by atoms with van der Waals surface area (Å²) in [5, 5.41) is 19.1. The highest BCUT2D eigenvalue weighted by molar-refractivity contribution is 7.98. The van der Waals surface area contributed by atoms with E-state index in [1.165, 1.54) is 25.7 Å². The molecule has 0 unspecified atom stereocenters. The first kappa shape index (κ1) is 30.0. The predicted molar refractivity (Wildman–Crippen MR) is 162 cm³/mol. The molecule has 2 aromatic heterocycles. The van der Waals surface area contributed by atoms with Gasteiger partial charge in [-0.2, -0.15) is 22.3 Å². The molecule has 0 radical (unpaired) electrons. The molecule has 1 aromatic carbocycles. The Balaban J connectivity index is 1.69. The van der Waals surface area contributed by atoms with Gasteiger partial charge in [0.05, 0.1) is 67.3 Å². The number of methoxy groups -OCH3 is 1. The highest BCUT2D eigenvalue weighted by Crippen LogP contribution is 2.31. The number of rotatable bonds is 14. The third kappa shape index (κ3) is 8.25. The zero-order valence-corrected chi connectivity index (χ0v) is 24.9. The summed E-state index contributed by atoms with van der Waals surface area (Å²) in [5.41, 5.74) is 3.60. The quantitative estimate of drug-likeness (QED) is 0.227. The van der Waals surface area contributed by atoms with E-state index in [0.717, 1.165) is 35.8 Å². The lowest BCUT2D eigenvalue weighted by Crippen LogP contribution is -2.31. The molecule has 214 valence electrons. The molecule has 0 aliphatic heterocycles. The summed E-state index contributed by atoms with van der Waals surface area (Å²) < 4.78 is 11.3. The summed E-state index contributed by atoms with van der Waals surface area (Å²) in [6.45, 7) is 5.40. The minimum absolute atomic E-state index is 0.379. The summed E-state index contributed by atoms with van der Waals surface area (Å²) in [7, 11) is 1.62. The fourth-order valence-corrected chi connectivity index (χ4v) is 5.45. The zero-order valence-electron chi connectivity index (χ0n) is 24.0. The van der Waals surface area contributed by atoms with Gasteiger partial charge in [0.25, 0.3) is 0 Å². The lowest BCUT2D eigenvalue weighted by molar-refractivity contribution is 0.341. The van der Waals surface area contributed by atoms with Crippen LogP contribution in [0.1, 0.15) is 55.0 Å². The summed E-state index contributed by atoms with van der Waals surface area (Å²) in [5.74, 6) is 3.20. The molecule has 1 aliphatic carbocycles. The summed E-state index contributed by atoms with van der Waals surface area (Å²) in [4.78, 5) is 18.6. The van der Waals surface area contributed by atoms with Crippen molar-refractivity contribution in [3.05, 3.63) is 65.1 Å². The first-order valence-electron chi connectivity index (χ1n) is 14.0. The minimum atomic E-state index is 0.379. The van der Waals surface area contributed by atoms with Crippen LogP contribution in [0.3, 0.4) is 0 Å². The predicted octanol–water partition coefficient (Wildman–Crippen LogP) is 5.59. The fraction of sp³-hybridized carbons (Fsp3) is 0.452. The number of ether oxygens (including phenoxy) is 2. The molecule has 0 saturated heterocycles. The second-order valence-electron chi connectivity index (χ2n) is 10.1. The SMILES string of the molecule is CCN(CC1CCCC1)c1ccc(OC)nc1CN(Cc1cc(C#N)cc(C#N)c1)c1ncc(OCCSC)cn1. The molecule has 1 fully saturated rings. The van der Waals surface area contributed by atoms with Crippen LogP contribution in [-0.2, 0) is 13.1 Å². The van der Waals surface area contributed by atoms with Crippen molar-refractivity contribution in [1.82, 2.24) is 15.0 Å². The van der Waals surface area contributed by atoms with E-state index in [4.69, 9.17) is 14.5 Å². The molecule has 41 heavy (non-hydrogen) atoms. The van der Waals surface area contributed by atoms with Crippen LogP contribution in [0.5, 0.6) is 11.6 Å². The molecule has 1 aliphatic rings. The van der Waals surface area contributed by atoms with Crippen molar-refractivity contribution in [3.63, 3.8) is 0 Å². The summed E-state index contributed by atoms with van der Waals surface area (Å²) in [6, 6.07) is 13.5. The zero-order chi connectivity index (χ0) is 29.0. The van der Waals surface area contributed by atoms with Gasteiger partial charge < -0.3 is 19.3 Å². The molecular weight excluding hydrogens is 534 g/mol. The molecule has 3 aromatic rings. The van der Waals surface area contributed by atoms with Crippen LogP contribution >= 0.6 is 11.8 Å². The maximum atomic E-state index is 9.54. The number of nitrogens with zero attached hydrogens (tertiary/aromatic N) is 7. The van der Waals surface area contributed by atoms with Crippen molar-refractivity contribution in [2.75, 3.05) is 48.6 Å². The minimum Gasteiger partial charge on any atom is -0.489 e. The van der Waals surface area contributed by atoms with E-state index < -0.39 is 0 Å². The third-order valence-corrected chi connectivity index (χ3v) is 7.80. The maximum Gasteiger partial charge on any atom is 0.226 e. The Morgan fingerprint density at radius 2 is 1.71 bits per heavy atom. The Bertz CT molecular complexity index is 1330. The number of hydrogen-bond donors (Lipinski definition) is 0. The van der Waals surface area contributed by atoms with Crippen molar-refractivity contribution in [2.45, 2.75) is 45.7 Å². The number of aromatic nitrogens is 3. The van der Waals surface area contributed by atoms with Crippen LogP contribution in [-0.4, -0.2) is 53.8 Å². The van der Waals surface area contributed by atoms with E-state index in [1.807, 2.05) is 17.2 Å². The van der Waals surface area contributed by atoms with Gasteiger partial charge in [0.15, 0.2) is 5.75 Å². The Labute approximate surface area is 247 Å². The molecule has 1 saturated carbocycles. The van der Waals surface area contributed by atoms with Gasteiger partial charge in [-0.25, -0.2) is 15.0 Å². The van der Waals surface area contributed by atoms with E-state index in [1.54, 1.807) is 49.5 Å². The molecule has 2 heterocycles. The van der Waals surface area contributed by atoms with Crippen LogP contribution in [0.15, 0.2) is 42.7 Å². The second-order valence-corrected chi connectivity index (χ2v) is 11.1. The molecule has 9 nitrogen and oxygen atoms in total. The topological polar surface area (TPSA) is 111 Å². The van der Waals surface area contributed by atoms with Gasteiger partial charge in [-0.3, -0.25) is 0 Å². The van der Waals surface area contributed by atoms with E-state index in [2.05, 4.69) is 40.0 Å². The van der Waals surface area contributed by atoms with Gasteiger partial charge in [-0.05, 0) is 61.8 Å². The van der Waals surface area contributed by atoms with Crippen LogP contribution in [0.25, 0.3) is 0 Å². The Morgan fingerprint density at radius 3 is 2.32 bits per heavy atom. The average Bonchev–Trinajstić information content (AvgIpc) is 3.53. The first-order chi connectivity index (χ1) is 20.1. The van der Waals surface area contributed by atoms with Crippen molar-refractivity contribution in [3.8, 4) is 23.8 Å². The molecular formula is C31H37N7O2S. The van der Waals surface area contributed by atoms with Gasteiger partial charge in [-0.1, -0.05) is 12.8 Å². The second kappa shape index (κ2) is 15.1. The first-order valence-corrected chi connectivity index (χ1v) is 15.4. The van der Waals surface area contributed by atoms with Gasteiger partial charge >= 0.3 is 0 Å². The standard InChI is InChI=1S/C31H37N7O2S/c1-4-37(20-23-7-5-6-8-23)29-9-10-30(39-2)36-28(29)22-38(21-26-14-24(16-32)13-25(15-26)17-33)31-34-18-27(19-35-31)40-11-12-41-3/h9-10,13-15,18-19,23H,4-8,11-12,20-22H2,1-3H3. The van der Waals surface area contributed by atoms with Crippen molar-refractivity contribution in [1.29, 1.82) is 10.5 Å². The van der Waals surface area contributed by atoms with E-state index in [0.29, 0.717) is 54.3 Å². The van der Waals surface area contributed by atoms with Crippen molar-refractivity contribution in [2.24, 2.45) is 5.92 Å². The van der Waals surface area contributed by atoms with E-state index >= 15 is 0 Å². The van der Waals surface area contributed by atoms with E-state index in [-0.39, 0.29) is 0 Å². The highest BCUT2D eigenvalue weighted by Gasteiger charge is 2.23. The van der Waals surface area contributed by atoms with Crippen LogP contribution in [0.2, 0.25) is 0 Å².